The van der Waals surface area contributed by atoms with Crippen LogP contribution in [0.25, 0.3) is 0 Å². The number of phosphoric acid groups is 1. The van der Waals surface area contributed by atoms with Crippen LogP contribution in [0.2, 0.25) is 0 Å². The lowest BCUT2D eigenvalue weighted by molar-refractivity contribution is -0.888. The molecule has 0 unspecified atom stereocenters. The van der Waals surface area contributed by atoms with Crippen molar-refractivity contribution in [2.45, 2.75) is 215 Å². The standard InChI is InChI=1S/3C15H34N.H3O4P/c3*1-5-7-8-9-10-11-12-13-14-15-16(3,4)6-2;1-5(2,3)4/h3*5-15H2,1-4H3;(H3,1,2,3,4)/q3*+1;/p-3. The molecule has 0 aromatic carbocycles. The maximum absolute atomic E-state index is 8.55. The Morgan fingerprint density at radius 2 is 0.434 bits per heavy atom. The summed E-state index contributed by atoms with van der Waals surface area (Å²) in [6.45, 7) is 21.6. The highest BCUT2D eigenvalue weighted by atomic mass is 31.2. The van der Waals surface area contributed by atoms with Crippen molar-refractivity contribution in [1.82, 2.24) is 0 Å². The third kappa shape index (κ3) is 64.2. The number of nitrogens with zero attached hydrogens (tertiary/aromatic N) is 3. The van der Waals surface area contributed by atoms with Crippen molar-refractivity contribution in [3.05, 3.63) is 0 Å². The molecule has 0 N–H and O–H groups in total. The third-order valence-corrected chi connectivity index (χ3v) is 11.2. The molecule has 0 saturated heterocycles. The molecule has 0 amide bonds. The molecule has 0 aromatic rings. The molecule has 0 aliphatic heterocycles. The van der Waals surface area contributed by atoms with Crippen LogP contribution in [0.3, 0.4) is 0 Å². The molecule has 53 heavy (non-hydrogen) atoms. The first-order chi connectivity index (χ1) is 24.9. The van der Waals surface area contributed by atoms with Crippen molar-refractivity contribution < 1.29 is 32.7 Å². The summed E-state index contributed by atoms with van der Waals surface area (Å²) >= 11 is 0. The summed E-state index contributed by atoms with van der Waals surface area (Å²) in [6, 6.07) is 0. The molecule has 0 atom stereocenters. The summed E-state index contributed by atoms with van der Waals surface area (Å²) in [7, 11) is 8.64. The predicted molar refractivity (Wildman–Crippen MR) is 232 cm³/mol. The van der Waals surface area contributed by atoms with Gasteiger partial charge < -0.3 is 32.7 Å². The second-order valence-electron chi connectivity index (χ2n) is 17.9. The van der Waals surface area contributed by atoms with Crippen LogP contribution in [0.5, 0.6) is 0 Å². The monoisotopic (exact) mass is 780 g/mol. The number of rotatable bonds is 33. The Kier molecular flexibility index (Phi) is 46.9. The van der Waals surface area contributed by atoms with Gasteiger partial charge in [-0.2, -0.15) is 7.82 Å². The van der Waals surface area contributed by atoms with Crippen LogP contribution in [0, 0.1) is 0 Å². The van der Waals surface area contributed by atoms with E-state index in [1.165, 1.54) is 226 Å². The van der Waals surface area contributed by atoms with E-state index < -0.39 is 7.82 Å². The van der Waals surface area contributed by atoms with Crippen LogP contribution in [-0.4, -0.2) is 95.0 Å². The van der Waals surface area contributed by atoms with Gasteiger partial charge in [-0.05, 0) is 59.3 Å². The highest BCUT2D eigenvalue weighted by molar-refractivity contribution is 7.40. The minimum atomic E-state index is -5.39. The minimum Gasteiger partial charge on any atom is -0.822 e. The van der Waals surface area contributed by atoms with E-state index in [4.69, 9.17) is 19.2 Å². The van der Waals surface area contributed by atoms with Crippen molar-refractivity contribution in [2.75, 3.05) is 81.6 Å². The number of hydrogen-bond donors (Lipinski definition) is 0. The molecule has 0 aliphatic carbocycles. The summed E-state index contributed by atoms with van der Waals surface area (Å²) in [6.07, 6.45) is 38.8. The van der Waals surface area contributed by atoms with Crippen molar-refractivity contribution in [1.29, 1.82) is 0 Å². The zero-order valence-electron chi connectivity index (χ0n) is 38.8. The van der Waals surface area contributed by atoms with Crippen molar-refractivity contribution in [2.24, 2.45) is 0 Å². The second-order valence-corrected chi connectivity index (χ2v) is 18.8. The maximum atomic E-state index is 8.55. The Morgan fingerprint density at radius 1 is 0.302 bits per heavy atom. The van der Waals surface area contributed by atoms with Gasteiger partial charge in [-0.3, -0.25) is 0 Å². The van der Waals surface area contributed by atoms with Crippen LogP contribution >= 0.6 is 7.82 Å². The Hall–Kier alpha value is -0.0100. The summed E-state index contributed by atoms with van der Waals surface area (Å²) in [5.74, 6) is 0. The van der Waals surface area contributed by atoms with E-state index in [2.05, 4.69) is 83.8 Å². The summed E-state index contributed by atoms with van der Waals surface area (Å²) in [5.41, 5.74) is 0. The Morgan fingerprint density at radius 3 is 0.566 bits per heavy atom. The molecule has 0 heterocycles. The van der Waals surface area contributed by atoms with Gasteiger partial charge in [-0.15, -0.1) is 0 Å². The van der Waals surface area contributed by atoms with Gasteiger partial charge >= 0.3 is 0 Å². The van der Waals surface area contributed by atoms with Crippen molar-refractivity contribution >= 4 is 7.82 Å². The molecular weight excluding hydrogens is 677 g/mol. The lowest BCUT2D eigenvalue weighted by Gasteiger charge is -2.36. The lowest BCUT2D eigenvalue weighted by Crippen LogP contribution is -2.39. The summed E-state index contributed by atoms with van der Waals surface area (Å²) in [5, 5.41) is 0. The molecule has 7 nitrogen and oxygen atoms in total. The topological polar surface area (TPSA) is 86.2 Å². The third-order valence-electron chi connectivity index (χ3n) is 11.2. The summed E-state index contributed by atoms with van der Waals surface area (Å²) in [4.78, 5) is 25.6. The van der Waals surface area contributed by atoms with Crippen LogP contribution < -0.4 is 14.7 Å². The SMILES string of the molecule is CCCCCCCCCCC[N+](C)(C)CC.CCCCCCCCCCC[N+](C)(C)CC.CCCCCCCCCCC[N+](C)(C)CC.O=P([O-])([O-])[O-]. The Labute approximate surface area is 336 Å². The molecule has 0 bridgehead atoms. The van der Waals surface area contributed by atoms with Gasteiger partial charge in [-0.25, -0.2) is 0 Å². The largest absolute Gasteiger partial charge is 0.822 e. The molecule has 8 heteroatoms. The van der Waals surface area contributed by atoms with Crippen LogP contribution in [-0.2, 0) is 4.57 Å². The molecule has 0 fully saturated rings. The predicted octanol–water partition coefficient (Wildman–Crippen LogP) is 11.0. The fourth-order valence-electron chi connectivity index (χ4n) is 6.03. The highest BCUT2D eigenvalue weighted by Crippen LogP contribution is 2.13. The quantitative estimate of drug-likeness (QED) is 0.0377. The molecule has 0 aliphatic rings. The summed E-state index contributed by atoms with van der Waals surface area (Å²) < 4.78 is 12.1. The average Bonchev–Trinajstić information content (AvgIpc) is 3.09. The second kappa shape index (κ2) is 41.6. The van der Waals surface area contributed by atoms with E-state index in [0.717, 1.165) is 0 Å². The molecule has 0 spiro atoms. The Balaban J connectivity index is -0.000000318. The van der Waals surface area contributed by atoms with Crippen LogP contribution in [0.15, 0.2) is 0 Å². The maximum Gasteiger partial charge on any atom is 0.0782 e. The van der Waals surface area contributed by atoms with E-state index in [-0.39, 0.29) is 0 Å². The molecule has 326 valence electrons. The fourth-order valence-corrected chi connectivity index (χ4v) is 6.03. The average molecular weight is 780 g/mol. The molecule has 0 radical (unpaired) electrons. The highest BCUT2D eigenvalue weighted by Gasteiger charge is 2.11. The normalized spacial score (nSPS) is 12.0. The van der Waals surface area contributed by atoms with E-state index in [1.54, 1.807) is 0 Å². The van der Waals surface area contributed by atoms with Gasteiger partial charge in [-0.1, -0.05) is 156 Å². The molecule has 0 saturated carbocycles. The number of unbranched alkanes of at least 4 members (excludes halogenated alkanes) is 24. The van der Waals surface area contributed by atoms with E-state index in [9.17, 15) is 0 Å². The Bertz CT molecular complexity index is 654. The molecule has 0 aromatic heterocycles. The number of hydrogen-bond acceptors (Lipinski definition) is 4. The zero-order chi connectivity index (χ0) is 41.3. The van der Waals surface area contributed by atoms with Crippen LogP contribution in [0.1, 0.15) is 215 Å². The first-order valence-corrected chi connectivity index (χ1v) is 24.5. The lowest BCUT2D eigenvalue weighted by atomic mass is 10.1. The fraction of sp³-hybridized carbons (Fsp3) is 1.00. The minimum absolute atomic E-state index is 1.19. The molecular formula is C45H102N3O4P. The van der Waals surface area contributed by atoms with Crippen molar-refractivity contribution in [3.8, 4) is 0 Å². The number of quaternary nitrogens is 3. The van der Waals surface area contributed by atoms with E-state index in [1.807, 2.05) is 0 Å². The zero-order valence-corrected chi connectivity index (χ0v) is 39.7. The first-order valence-electron chi connectivity index (χ1n) is 23.1. The first kappa shape index (κ1) is 59.7. The van der Waals surface area contributed by atoms with Gasteiger partial charge in [0, 0.05) is 0 Å². The van der Waals surface area contributed by atoms with Crippen molar-refractivity contribution in [3.63, 3.8) is 0 Å². The van der Waals surface area contributed by atoms with E-state index >= 15 is 0 Å². The smallest absolute Gasteiger partial charge is 0.0782 e. The van der Waals surface area contributed by atoms with E-state index in [0.29, 0.717) is 0 Å². The van der Waals surface area contributed by atoms with Gasteiger partial charge in [0.1, 0.15) is 0 Å². The van der Waals surface area contributed by atoms with Gasteiger partial charge in [0.2, 0.25) is 0 Å². The van der Waals surface area contributed by atoms with Gasteiger partial charge in [0.15, 0.2) is 0 Å². The van der Waals surface area contributed by atoms with Gasteiger partial charge in [0.25, 0.3) is 0 Å². The molecule has 0 rings (SSSR count). The van der Waals surface area contributed by atoms with Crippen LogP contribution in [0.4, 0.5) is 0 Å². The van der Waals surface area contributed by atoms with Gasteiger partial charge in [0.05, 0.1) is 81.6 Å².